The van der Waals surface area contributed by atoms with Crippen molar-refractivity contribution >= 4 is 21.7 Å². The molecule has 6 nitrogen and oxygen atoms in total. The highest BCUT2D eigenvalue weighted by Gasteiger charge is 2.18. The molecule has 0 unspecified atom stereocenters. The maximum absolute atomic E-state index is 12.3. The first-order valence-corrected chi connectivity index (χ1v) is 7.77. The summed E-state index contributed by atoms with van der Waals surface area (Å²) in [6, 6.07) is 2.23. The first-order valence-electron chi connectivity index (χ1n) is 6.97. The third-order valence-electron chi connectivity index (χ3n) is 3.60. The van der Waals surface area contributed by atoms with E-state index in [2.05, 4.69) is 36.5 Å². The first-order chi connectivity index (χ1) is 10.2. The molecule has 110 valence electrons. The summed E-state index contributed by atoms with van der Waals surface area (Å²) < 4.78 is 2.69. The molecule has 0 spiro atoms. The highest BCUT2D eigenvalue weighted by Crippen LogP contribution is 2.18. The summed E-state index contributed by atoms with van der Waals surface area (Å²) in [6.45, 7) is 1.97. The molecule has 0 bridgehead atoms. The van der Waals surface area contributed by atoms with Gasteiger partial charge in [-0.1, -0.05) is 5.21 Å². The fourth-order valence-corrected chi connectivity index (χ4v) is 2.89. The van der Waals surface area contributed by atoms with E-state index in [1.54, 1.807) is 18.6 Å². The Kier molecular flexibility index (Phi) is 4.40. The fraction of sp³-hybridized carbons (Fsp3) is 0.429. The maximum atomic E-state index is 12.3. The smallest absolute Gasteiger partial charge is 0.189 e. The molecule has 1 aliphatic rings. The van der Waals surface area contributed by atoms with Gasteiger partial charge in [-0.15, -0.1) is 5.10 Å². The number of Topliss-reactive ketones (excluding diaryl/α,β-unsaturated/α-hetero) is 1. The average Bonchev–Trinajstić information content (AvgIpc) is 2.98. The number of carbonyl (C=O) groups is 1. The van der Waals surface area contributed by atoms with Gasteiger partial charge in [-0.05, 0) is 53.5 Å². The number of piperidine rings is 1. The largest absolute Gasteiger partial charge is 0.317 e. The molecule has 1 saturated heterocycles. The molecule has 3 rings (SSSR count). The molecule has 1 aliphatic heterocycles. The third-order valence-corrected chi connectivity index (χ3v) is 4.04. The summed E-state index contributed by atoms with van der Waals surface area (Å²) in [5, 5.41) is 11.4. The lowest BCUT2D eigenvalue weighted by Crippen LogP contribution is -2.29. The predicted molar refractivity (Wildman–Crippen MR) is 81.1 cm³/mol. The number of nitrogens with one attached hydrogen (secondary N) is 1. The lowest BCUT2D eigenvalue weighted by Gasteiger charge is -2.22. The van der Waals surface area contributed by atoms with Crippen LogP contribution in [0.2, 0.25) is 0 Å². The maximum Gasteiger partial charge on any atom is 0.189 e. The average molecular weight is 350 g/mol. The van der Waals surface area contributed by atoms with E-state index in [1.165, 1.54) is 0 Å². The predicted octanol–water partition coefficient (Wildman–Crippen LogP) is 1.79. The molecule has 0 atom stereocenters. The number of rotatable bonds is 4. The van der Waals surface area contributed by atoms with Crippen molar-refractivity contribution in [2.45, 2.75) is 25.3 Å². The van der Waals surface area contributed by atoms with E-state index in [9.17, 15) is 4.79 Å². The number of ketones is 1. The van der Waals surface area contributed by atoms with Crippen LogP contribution < -0.4 is 5.32 Å². The van der Waals surface area contributed by atoms with Crippen molar-refractivity contribution in [1.29, 1.82) is 0 Å². The van der Waals surface area contributed by atoms with Gasteiger partial charge in [-0.25, -0.2) is 4.68 Å². The summed E-state index contributed by atoms with van der Waals surface area (Å²) in [6.07, 6.45) is 7.49. The minimum atomic E-state index is -0.0323. The molecular formula is C14H16BrN5O. The number of hydrogen-bond donors (Lipinski definition) is 1. The molecular weight excluding hydrogens is 334 g/mol. The van der Waals surface area contributed by atoms with Crippen molar-refractivity contribution in [1.82, 2.24) is 25.3 Å². The van der Waals surface area contributed by atoms with Gasteiger partial charge in [0.1, 0.15) is 5.69 Å². The Morgan fingerprint density at radius 2 is 2.19 bits per heavy atom. The Morgan fingerprint density at radius 3 is 2.95 bits per heavy atom. The SMILES string of the molecule is O=C(Cc1cncc(Br)c1)c1cn(C2CCNCC2)nn1. The number of nitrogens with zero attached hydrogens (tertiary/aromatic N) is 4. The van der Waals surface area contributed by atoms with Gasteiger partial charge in [0, 0.05) is 23.3 Å². The summed E-state index contributed by atoms with van der Waals surface area (Å²) in [5.74, 6) is -0.0323. The second kappa shape index (κ2) is 6.44. The molecule has 0 radical (unpaired) electrons. The van der Waals surface area contributed by atoms with Crippen LogP contribution in [0.15, 0.2) is 29.1 Å². The van der Waals surface area contributed by atoms with Crippen molar-refractivity contribution in [3.05, 3.63) is 40.4 Å². The van der Waals surface area contributed by atoms with Gasteiger partial charge in [0.25, 0.3) is 0 Å². The highest BCUT2D eigenvalue weighted by molar-refractivity contribution is 9.10. The summed E-state index contributed by atoms with van der Waals surface area (Å²) in [4.78, 5) is 16.3. The molecule has 1 N–H and O–H groups in total. The van der Waals surface area contributed by atoms with Crippen LogP contribution in [-0.4, -0.2) is 38.9 Å². The number of hydrogen-bond acceptors (Lipinski definition) is 5. The molecule has 1 fully saturated rings. The number of pyridine rings is 1. The monoisotopic (exact) mass is 349 g/mol. The van der Waals surface area contributed by atoms with E-state index in [4.69, 9.17) is 0 Å². The Morgan fingerprint density at radius 1 is 1.38 bits per heavy atom. The normalized spacial score (nSPS) is 16.0. The van der Waals surface area contributed by atoms with Crippen LogP contribution in [0.5, 0.6) is 0 Å². The zero-order valence-corrected chi connectivity index (χ0v) is 13.1. The Bertz CT molecular complexity index is 636. The highest BCUT2D eigenvalue weighted by atomic mass is 79.9. The zero-order valence-electron chi connectivity index (χ0n) is 11.5. The quantitative estimate of drug-likeness (QED) is 0.851. The molecule has 21 heavy (non-hydrogen) atoms. The van der Waals surface area contributed by atoms with Gasteiger partial charge < -0.3 is 5.32 Å². The van der Waals surface area contributed by atoms with Crippen LogP contribution in [0.1, 0.15) is 34.9 Å². The van der Waals surface area contributed by atoms with Gasteiger partial charge in [0.15, 0.2) is 5.78 Å². The Labute approximate surface area is 131 Å². The van der Waals surface area contributed by atoms with E-state index >= 15 is 0 Å². The van der Waals surface area contributed by atoms with Gasteiger partial charge >= 0.3 is 0 Å². The fourth-order valence-electron chi connectivity index (χ4n) is 2.48. The summed E-state index contributed by atoms with van der Waals surface area (Å²) in [5.41, 5.74) is 1.29. The first kappa shape index (κ1) is 14.3. The minimum Gasteiger partial charge on any atom is -0.317 e. The van der Waals surface area contributed by atoms with Crippen LogP contribution in [0.4, 0.5) is 0 Å². The molecule has 2 aromatic rings. The van der Waals surface area contributed by atoms with E-state index < -0.39 is 0 Å². The van der Waals surface area contributed by atoms with Gasteiger partial charge in [0.05, 0.1) is 12.2 Å². The van der Waals surface area contributed by atoms with Crippen LogP contribution in [0.25, 0.3) is 0 Å². The van der Waals surface area contributed by atoms with Gasteiger partial charge in [0.2, 0.25) is 0 Å². The molecule has 3 heterocycles. The molecule has 0 aromatic carbocycles. The lowest BCUT2D eigenvalue weighted by atomic mass is 10.1. The van der Waals surface area contributed by atoms with Crippen LogP contribution in [-0.2, 0) is 6.42 Å². The van der Waals surface area contributed by atoms with Crippen molar-refractivity contribution < 1.29 is 4.79 Å². The second-order valence-corrected chi connectivity index (χ2v) is 6.09. The molecule has 2 aromatic heterocycles. The van der Waals surface area contributed by atoms with Crippen molar-refractivity contribution in [2.75, 3.05) is 13.1 Å². The molecule has 7 heteroatoms. The van der Waals surface area contributed by atoms with Crippen LogP contribution in [0, 0.1) is 0 Å². The number of carbonyl (C=O) groups excluding carboxylic acids is 1. The minimum absolute atomic E-state index is 0.0323. The van der Waals surface area contributed by atoms with Gasteiger partial charge in [-0.2, -0.15) is 0 Å². The lowest BCUT2D eigenvalue weighted by molar-refractivity contribution is 0.0988. The number of aromatic nitrogens is 4. The summed E-state index contributed by atoms with van der Waals surface area (Å²) >= 11 is 3.35. The molecule has 0 aliphatic carbocycles. The van der Waals surface area contributed by atoms with Crippen LogP contribution in [0.3, 0.4) is 0 Å². The van der Waals surface area contributed by atoms with Gasteiger partial charge in [-0.3, -0.25) is 9.78 Å². The van der Waals surface area contributed by atoms with Crippen molar-refractivity contribution in [3.8, 4) is 0 Å². The summed E-state index contributed by atoms with van der Waals surface area (Å²) in [7, 11) is 0. The molecule has 0 saturated carbocycles. The van der Waals surface area contributed by atoms with E-state index in [-0.39, 0.29) is 12.2 Å². The van der Waals surface area contributed by atoms with Crippen LogP contribution >= 0.6 is 15.9 Å². The number of halogens is 1. The third kappa shape index (κ3) is 3.54. The van der Waals surface area contributed by atoms with Crippen molar-refractivity contribution in [2.24, 2.45) is 0 Å². The van der Waals surface area contributed by atoms with E-state index in [1.807, 2.05) is 10.7 Å². The van der Waals surface area contributed by atoms with Crippen molar-refractivity contribution in [3.63, 3.8) is 0 Å². The standard InChI is InChI=1S/C14H16BrN5O/c15-11-5-10(7-17-8-11)6-14(21)13-9-20(19-18-13)12-1-3-16-4-2-12/h5,7-9,12,16H,1-4,6H2. The topological polar surface area (TPSA) is 72.7 Å². The van der Waals surface area contributed by atoms with E-state index in [0.717, 1.165) is 36.0 Å². The Hall–Kier alpha value is -1.60. The zero-order chi connectivity index (χ0) is 14.7. The Balaban J connectivity index is 1.69. The molecule has 0 amide bonds. The second-order valence-electron chi connectivity index (χ2n) is 5.18. The van der Waals surface area contributed by atoms with E-state index in [0.29, 0.717) is 11.7 Å².